The Morgan fingerprint density at radius 3 is 2.69 bits per heavy atom. The van der Waals surface area contributed by atoms with Gasteiger partial charge < -0.3 is 20.1 Å². The summed E-state index contributed by atoms with van der Waals surface area (Å²) in [5.41, 5.74) is 0.831. The number of amides is 2. The molecule has 0 aliphatic rings. The molecular formula is C19H24FN3O3. The van der Waals surface area contributed by atoms with E-state index in [1.165, 1.54) is 12.1 Å². The molecular weight excluding hydrogens is 337 g/mol. The molecule has 0 bridgehead atoms. The first-order valence-electron chi connectivity index (χ1n) is 8.65. The average molecular weight is 361 g/mol. The van der Waals surface area contributed by atoms with E-state index in [4.69, 9.17) is 9.47 Å². The molecule has 1 aromatic heterocycles. The Morgan fingerprint density at radius 1 is 1.12 bits per heavy atom. The number of aromatic nitrogens is 1. The second-order valence-corrected chi connectivity index (χ2v) is 5.52. The summed E-state index contributed by atoms with van der Waals surface area (Å²) in [6.45, 7) is 3.82. The van der Waals surface area contributed by atoms with E-state index in [9.17, 15) is 9.18 Å². The number of pyridine rings is 1. The zero-order valence-electron chi connectivity index (χ0n) is 14.8. The van der Waals surface area contributed by atoms with Gasteiger partial charge in [-0.3, -0.25) is 0 Å². The van der Waals surface area contributed by atoms with Crippen molar-refractivity contribution in [2.24, 2.45) is 0 Å². The standard InChI is InChI=1S/C19H24FN3O3/c1-2-25-18-15(6-5-12-21-18)14-23-19(24)22-11-3-4-13-26-17-9-7-16(20)8-10-17/h5-10,12H,2-4,11,13-14H2,1H3,(H2,22,23,24). The topological polar surface area (TPSA) is 72.5 Å². The minimum Gasteiger partial charge on any atom is -0.494 e. The second kappa shape index (κ2) is 10.9. The molecule has 0 unspecified atom stereocenters. The summed E-state index contributed by atoms with van der Waals surface area (Å²) in [5, 5.41) is 5.58. The summed E-state index contributed by atoms with van der Waals surface area (Å²) in [6, 6.07) is 9.34. The maximum atomic E-state index is 12.8. The summed E-state index contributed by atoms with van der Waals surface area (Å²) in [5.74, 6) is 0.888. The summed E-state index contributed by atoms with van der Waals surface area (Å²) in [7, 11) is 0. The van der Waals surface area contributed by atoms with Gasteiger partial charge in [-0.1, -0.05) is 6.07 Å². The molecule has 7 heteroatoms. The number of nitrogens with zero attached hydrogens (tertiary/aromatic N) is 1. The number of hydrogen-bond donors (Lipinski definition) is 2. The molecule has 2 rings (SSSR count). The third kappa shape index (κ3) is 6.96. The van der Waals surface area contributed by atoms with E-state index in [0.29, 0.717) is 37.9 Å². The second-order valence-electron chi connectivity index (χ2n) is 5.52. The SMILES string of the molecule is CCOc1ncccc1CNC(=O)NCCCCOc1ccc(F)cc1. The lowest BCUT2D eigenvalue weighted by atomic mass is 10.2. The minimum absolute atomic E-state index is 0.240. The van der Waals surface area contributed by atoms with Gasteiger partial charge in [0.05, 0.1) is 13.2 Å². The summed E-state index contributed by atoms with van der Waals surface area (Å²) < 4.78 is 23.7. The van der Waals surface area contributed by atoms with E-state index in [0.717, 1.165) is 18.4 Å². The van der Waals surface area contributed by atoms with Crippen LogP contribution in [-0.2, 0) is 6.54 Å². The quantitative estimate of drug-likeness (QED) is 0.637. The number of ether oxygens (including phenoxy) is 2. The van der Waals surface area contributed by atoms with Crippen molar-refractivity contribution in [3.8, 4) is 11.6 Å². The van der Waals surface area contributed by atoms with Gasteiger partial charge in [0.15, 0.2) is 0 Å². The predicted octanol–water partition coefficient (Wildman–Crippen LogP) is 3.28. The Bertz CT molecular complexity index is 680. The lowest BCUT2D eigenvalue weighted by Crippen LogP contribution is -2.35. The Morgan fingerprint density at radius 2 is 1.92 bits per heavy atom. The molecule has 0 saturated heterocycles. The van der Waals surface area contributed by atoms with Crippen molar-refractivity contribution in [2.45, 2.75) is 26.3 Å². The highest BCUT2D eigenvalue weighted by Crippen LogP contribution is 2.13. The number of benzene rings is 1. The van der Waals surface area contributed by atoms with Gasteiger partial charge in [-0.05, 0) is 50.1 Å². The van der Waals surface area contributed by atoms with Gasteiger partial charge in [0.1, 0.15) is 11.6 Å². The lowest BCUT2D eigenvalue weighted by Gasteiger charge is -2.11. The molecule has 1 heterocycles. The Kier molecular flexibility index (Phi) is 8.18. The molecule has 0 saturated carbocycles. The molecule has 26 heavy (non-hydrogen) atoms. The normalized spacial score (nSPS) is 10.2. The molecule has 0 aliphatic carbocycles. The number of halogens is 1. The van der Waals surface area contributed by atoms with Crippen LogP contribution in [0.5, 0.6) is 11.6 Å². The molecule has 2 aromatic rings. The van der Waals surface area contributed by atoms with E-state index in [1.807, 2.05) is 13.0 Å². The number of rotatable bonds is 10. The van der Waals surface area contributed by atoms with Crippen LogP contribution < -0.4 is 20.1 Å². The van der Waals surface area contributed by atoms with Crippen molar-refractivity contribution in [1.82, 2.24) is 15.6 Å². The molecule has 0 fully saturated rings. The van der Waals surface area contributed by atoms with Crippen molar-refractivity contribution < 1.29 is 18.7 Å². The maximum absolute atomic E-state index is 12.8. The van der Waals surface area contributed by atoms with Gasteiger partial charge in [-0.25, -0.2) is 14.2 Å². The molecule has 2 amide bonds. The van der Waals surface area contributed by atoms with E-state index in [2.05, 4.69) is 15.6 Å². The Hall–Kier alpha value is -2.83. The molecule has 0 spiro atoms. The van der Waals surface area contributed by atoms with Crippen LogP contribution in [0, 0.1) is 5.82 Å². The summed E-state index contributed by atoms with van der Waals surface area (Å²) >= 11 is 0. The van der Waals surface area contributed by atoms with Gasteiger partial charge in [-0.2, -0.15) is 0 Å². The molecule has 140 valence electrons. The van der Waals surface area contributed by atoms with E-state index in [1.54, 1.807) is 24.4 Å². The van der Waals surface area contributed by atoms with E-state index >= 15 is 0 Å². The maximum Gasteiger partial charge on any atom is 0.315 e. The highest BCUT2D eigenvalue weighted by atomic mass is 19.1. The first kappa shape index (κ1) is 19.5. The van der Waals surface area contributed by atoms with Gasteiger partial charge in [0.2, 0.25) is 5.88 Å². The van der Waals surface area contributed by atoms with Crippen LogP contribution in [-0.4, -0.2) is 30.8 Å². The fourth-order valence-corrected chi connectivity index (χ4v) is 2.21. The number of unbranched alkanes of at least 4 members (excludes halogenated alkanes) is 1. The van der Waals surface area contributed by atoms with Crippen molar-refractivity contribution in [2.75, 3.05) is 19.8 Å². The molecule has 2 N–H and O–H groups in total. The predicted molar refractivity (Wildman–Crippen MR) is 96.8 cm³/mol. The van der Waals surface area contributed by atoms with Crippen molar-refractivity contribution in [1.29, 1.82) is 0 Å². The van der Waals surface area contributed by atoms with Crippen LogP contribution in [0.15, 0.2) is 42.6 Å². The van der Waals surface area contributed by atoms with E-state index < -0.39 is 0 Å². The first-order chi connectivity index (χ1) is 12.7. The van der Waals surface area contributed by atoms with Crippen LogP contribution >= 0.6 is 0 Å². The van der Waals surface area contributed by atoms with Crippen LogP contribution in [0.4, 0.5) is 9.18 Å². The zero-order chi connectivity index (χ0) is 18.6. The largest absolute Gasteiger partial charge is 0.494 e. The van der Waals surface area contributed by atoms with Gasteiger partial charge in [-0.15, -0.1) is 0 Å². The highest BCUT2D eigenvalue weighted by molar-refractivity contribution is 5.73. The average Bonchev–Trinajstić information content (AvgIpc) is 2.65. The van der Waals surface area contributed by atoms with Crippen LogP contribution in [0.25, 0.3) is 0 Å². The number of carbonyl (C=O) groups excluding carboxylic acids is 1. The van der Waals surface area contributed by atoms with Crippen molar-refractivity contribution in [3.63, 3.8) is 0 Å². The lowest BCUT2D eigenvalue weighted by molar-refractivity contribution is 0.239. The van der Waals surface area contributed by atoms with E-state index in [-0.39, 0.29) is 11.8 Å². The Balaban J connectivity index is 1.57. The van der Waals surface area contributed by atoms with Crippen LogP contribution in [0.1, 0.15) is 25.3 Å². The Labute approximate surface area is 152 Å². The number of nitrogens with one attached hydrogen (secondary N) is 2. The van der Waals surface area contributed by atoms with Crippen molar-refractivity contribution >= 4 is 6.03 Å². The van der Waals surface area contributed by atoms with Gasteiger partial charge >= 0.3 is 6.03 Å². The smallest absolute Gasteiger partial charge is 0.315 e. The van der Waals surface area contributed by atoms with Crippen molar-refractivity contribution in [3.05, 3.63) is 54.0 Å². The summed E-state index contributed by atoms with van der Waals surface area (Å²) in [4.78, 5) is 16.0. The third-order valence-electron chi connectivity index (χ3n) is 3.51. The fraction of sp³-hybridized carbons (Fsp3) is 0.368. The minimum atomic E-state index is -0.285. The molecule has 0 aliphatic heterocycles. The number of carbonyl (C=O) groups is 1. The fourth-order valence-electron chi connectivity index (χ4n) is 2.21. The van der Waals surface area contributed by atoms with Gasteiger partial charge in [0, 0.05) is 24.8 Å². The van der Waals surface area contributed by atoms with Crippen LogP contribution in [0.3, 0.4) is 0 Å². The number of urea groups is 1. The molecule has 6 nitrogen and oxygen atoms in total. The summed E-state index contributed by atoms with van der Waals surface area (Å²) in [6.07, 6.45) is 3.23. The monoisotopic (exact) mass is 361 g/mol. The van der Waals surface area contributed by atoms with Crippen LogP contribution in [0.2, 0.25) is 0 Å². The third-order valence-corrected chi connectivity index (χ3v) is 3.51. The first-order valence-corrected chi connectivity index (χ1v) is 8.65. The van der Waals surface area contributed by atoms with Gasteiger partial charge in [0.25, 0.3) is 0 Å². The highest BCUT2D eigenvalue weighted by Gasteiger charge is 2.06. The number of hydrogen-bond acceptors (Lipinski definition) is 4. The molecule has 1 aromatic carbocycles. The zero-order valence-corrected chi connectivity index (χ0v) is 14.8. The molecule has 0 radical (unpaired) electrons. The molecule has 0 atom stereocenters.